The van der Waals surface area contributed by atoms with Crippen LogP contribution in [0.4, 0.5) is 13.2 Å². The predicted molar refractivity (Wildman–Crippen MR) is 87.0 cm³/mol. The van der Waals surface area contributed by atoms with E-state index >= 15 is 0 Å². The fourth-order valence-corrected chi connectivity index (χ4v) is 3.11. The lowest BCUT2D eigenvalue weighted by Gasteiger charge is -2.21. The molecule has 0 saturated heterocycles. The molecule has 0 aliphatic rings. The van der Waals surface area contributed by atoms with Gasteiger partial charge in [-0.25, -0.2) is 0 Å². The van der Waals surface area contributed by atoms with Crippen molar-refractivity contribution in [2.24, 2.45) is 5.92 Å². The second-order valence-corrected chi connectivity index (χ2v) is 6.60. The van der Waals surface area contributed by atoms with Crippen LogP contribution >= 0.6 is 11.3 Å². The summed E-state index contributed by atoms with van der Waals surface area (Å²) in [6.45, 7) is 3.63. The fourth-order valence-electron chi connectivity index (χ4n) is 2.16. The average molecular weight is 357 g/mol. The van der Waals surface area contributed by atoms with Crippen LogP contribution in [0, 0.1) is 5.92 Å². The fraction of sp³-hybridized carbons (Fsp3) is 0.353. The lowest BCUT2D eigenvalue weighted by atomic mass is 10.0. The first kappa shape index (κ1) is 18.3. The normalized spacial score (nSPS) is 12.9. The molecule has 130 valence electrons. The van der Waals surface area contributed by atoms with Gasteiger partial charge in [-0.05, 0) is 35.6 Å². The van der Waals surface area contributed by atoms with Gasteiger partial charge in [-0.3, -0.25) is 4.79 Å². The molecule has 24 heavy (non-hydrogen) atoms. The van der Waals surface area contributed by atoms with Gasteiger partial charge in [0.1, 0.15) is 5.75 Å². The first-order chi connectivity index (χ1) is 11.3. The van der Waals surface area contributed by atoms with Crippen molar-refractivity contribution in [2.75, 3.05) is 6.61 Å². The molecule has 1 aromatic carbocycles. The lowest BCUT2D eigenvalue weighted by molar-refractivity contribution is -0.137. The number of rotatable bonds is 6. The second kappa shape index (κ2) is 7.70. The van der Waals surface area contributed by atoms with E-state index in [0.29, 0.717) is 0 Å². The molecule has 0 fully saturated rings. The van der Waals surface area contributed by atoms with E-state index in [1.165, 1.54) is 23.5 Å². The number of hydrogen-bond acceptors (Lipinski definition) is 3. The molecule has 0 bridgehead atoms. The van der Waals surface area contributed by atoms with Crippen LogP contribution in [-0.4, -0.2) is 12.5 Å². The van der Waals surface area contributed by atoms with Crippen molar-refractivity contribution in [1.82, 2.24) is 5.32 Å². The Morgan fingerprint density at radius 2 is 2.00 bits per heavy atom. The van der Waals surface area contributed by atoms with Gasteiger partial charge in [0.2, 0.25) is 0 Å². The van der Waals surface area contributed by atoms with E-state index in [4.69, 9.17) is 4.74 Å². The van der Waals surface area contributed by atoms with Crippen molar-refractivity contribution >= 4 is 17.2 Å². The zero-order valence-corrected chi connectivity index (χ0v) is 14.1. The topological polar surface area (TPSA) is 38.3 Å². The van der Waals surface area contributed by atoms with Gasteiger partial charge in [-0.15, -0.1) is 11.3 Å². The molecule has 1 amide bonds. The van der Waals surface area contributed by atoms with Crippen molar-refractivity contribution in [3.8, 4) is 5.75 Å². The highest BCUT2D eigenvalue weighted by atomic mass is 32.1. The molecule has 0 unspecified atom stereocenters. The summed E-state index contributed by atoms with van der Waals surface area (Å²) < 4.78 is 43.1. The minimum absolute atomic E-state index is 0.0113. The predicted octanol–water partition coefficient (Wildman–Crippen LogP) is 4.66. The molecule has 1 atom stereocenters. The van der Waals surface area contributed by atoms with E-state index in [9.17, 15) is 18.0 Å². The number of nitrogens with one attached hydrogen (secondary N) is 1. The third-order valence-electron chi connectivity index (χ3n) is 3.36. The van der Waals surface area contributed by atoms with Crippen LogP contribution in [0.25, 0.3) is 0 Å². The Balaban J connectivity index is 1.96. The first-order valence-electron chi connectivity index (χ1n) is 7.40. The number of alkyl halides is 3. The summed E-state index contributed by atoms with van der Waals surface area (Å²) in [6, 6.07) is 8.16. The first-order valence-corrected chi connectivity index (χ1v) is 8.28. The van der Waals surface area contributed by atoms with E-state index in [1.54, 1.807) is 0 Å². The minimum atomic E-state index is -4.44. The maximum absolute atomic E-state index is 12.7. The number of hydrogen-bond donors (Lipinski definition) is 1. The largest absolute Gasteiger partial charge is 0.484 e. The smallest absolute Gasteiger partial charge is 0.416 e. The number of carbonyl (C=O) groups excluding carboxylic acids is 1. The SMILES string of the molecule is CC(C)[C@H](NC(=O)COc1cccc(C(F)(F)F)c1)c1cccs1. The molecule has 0 saturated carbocycles. The van der Waals surface area contributed by atoms with Gasteiger partial charge < -0.3 is 10.1 Å². The highest BCUT2D eigenvalue weighted by molar-refractivity contribution is 7.10. The zero-order chi connectivity index (χ0) is 17.7. The number of ether oxygens (including phenoxy) is 1. The van der Waals surface area contributed by atoms with Crippen molar-refractivity contribution in [3.05, 3.63) is 52.2 Å². The Hall–Kier alpha value is -2.02. The van der Waals surface area contributed by atoms with E-state index in [0.717, 1.165) is 17.0 Å². The molecule has 0 spiro atoms. The third kappa shape index (κ3) is 4.99. The van der Waals surface area contributed by atoms with Gasteiger partial charge in [-0.1, -0.05) is 26.0 Å². The zero-order valence-electron chi connectivity index (χ0n) is 13.3. The van der Waals surface area contributed by atoms with Gasteiger partial charge in [0.15, 0.2) is 6.61 Å². The molecule has 2 rings (SSSR count). The number of amides is 1. The van der Waals surface area contributed by atoms with E-state index in [-0.39, 0.29) is 30.2 Å². The van der Waals surface area contributed by atoms with Crippen LogP contribution in [-0.2, 0) is 11.0 Å². The van der Waals surface area contributed by atoms with E-state index in [1.807, 2.05) is 31.4 Å². The number of carbonyl (C=O) groups is 1. The van der Waals surface area contributed by atoms with Gasteiger partial charge in [0, 0.05) is 4.88 Å². The third-order valence-corrected chi connectivity index (χ3v) is 4.32. The van der Waals surface area contributed by atoms with E-state index < -0.39 is 11.7 Å². The molecule has 0 radical (unpaired) electrons. The van der Waals surface area contributed by atoms with Crippen molar-refractivity contribution < 1.29 is 22.7 Å². The monoisotopic (exact) mass is 357 g/mol. The molecule has 0 aliphatic carbocycles. The van der Waals surface area contributed by atoms with Crippen molar-refractivity contribution in [3.63, 3.8) is 0 Å². The van der Waals surface area contributed by atoms with E-state index in [2.05, 4.69) is 5.32 Å². The van der Waals surface area contributed by atoms with Gasteiger partial charge in [-0.2, -0.15) is 13.2 Å². The maximum atomic E-state index is 12.7. The Kier molecular flexibility index (Phi) is 5.88. The van der Waals surface area contributed by atoms with Gasteiger partial charge in [0.05, 0.1) is 11.6 Å². The molecule has 1 N–H and O–H groups in total. The van der Waals surface area contributed by atoms with Crippen LogP contribution in [0.3, 0.4) is 0 Å². The maximum Gasteiger partial charge on any atom is 0.416 e. The summed E-state index contributed by atoms with van der Waals surface area (Å²) in [5.74, 6) is -0.183. The molecule has 2 aromatic rings. The van der Waals surface area contributed by atoms with Gasteiger partial charge >= 0.3 is 6.18 Å². The standard InChI is InChI=1S/C17H18F3NO2S/c1-11(2)16(14-7-4-8-24-14)21-15(22)10-23-13-6-3-5-12(9-13)17(18,19)20/h3-9,11,16H,10H2,1-2H3,(H,21,22)/t16-/m0/s1. The Morgan fingerprint density at radius 1 is 1.25 bits per heavy atom. The number of halogens is 3. The number of thiophene rings is 1. The summed E-state index contributed by atoms with van der Waals surface area (Å²) in [6.07, 6.45) is -4.44. The van der Waals surface area contributed by atoms with Crippen LogP contribution in [0.1, 0.15) is 30.3 Å². The summed E-state index contributed by atoms with van der Waals surface area (Å²) in [4.78, 5) is 13.1. The molecular formula is C17H18F3NO2S. The molecule has 3 nitrogen and oxygen atoms in total. The van der Waals surface area contributed by atoms with Crippen LogP contribution < -0.4 is 10.1 Å². The summed E-state index contributed by atoms with van der Waals surface area (Å²) in [5, 5.41) is 4.78. The van der Waals surface area contributed by atoms with Crippen LogP contribution in [0.5, 0.6) is 5.75 Å². The van der Waals surface area contributed by atoms with Crippen molar-refractivity contribution in [2.45, 2.75) is 26.1 Å². The number of benzene rings is 1. The van der Waals surface area contributed by atoms with Crippen LogP contribution in [0.15, 0.2) is 41.8 Å². The minimum Gasteiger partial charge on any atom is -0.484 e. The summed E-state index contributed by atoms with van der Waals surface area (Å²) in [5.41, 5.74) is -0.806. The Morgan fingerprint density at radius 3 is 2.58 bits per heavy atom. The Labute approximate surface area is 142 Å². The second-order valence-electron chi connectivity index (χ2n) is 5.62. The van der Waals surface area contributed by atoms with Gasteiger partial charge in [0.25, 0.3) is 5.91 Å². The highest BCUT2D eigenvalue weighted by Gasteiger charge is 2.30. The summed E-state index contributed by atoms with van der Waals surface area (Å²) >= 11 is 1.54. The molecular weight excluding hydrogens is 339 g/mol. The lowest BCUT2D eigenvalue weighted by Crippen LogP contribution is -2.34. The Bertz CT molecular complexity index is 669. The molecule has 0 aliphatic heterocycles. The highest BCUT2D eigenvalue weighted by Crippen LogP contribution is 2.31. The molecule has 7 heteroatoms. The summed E-state index contributed by atoms with van der Waals surface area (Å²) in [7, 11) is 0. The molecule has 1 heterocycles. The molecule has 1 aromatic heterocycles. The average Bonchev–Trinajstić information content (AvgIpc) is 3.04. The van der Waals surface area contributed by atoms with Crippen LogP contribution in [0.2, 0.25) is 0 Å². The van der Waals surface area contributed by atoms with Crippen molar-refractivity contribution in [1.29, 1.82) is 0 Å². The quantitative estimate of drug-likeness (QED) is 0.817.